The molecule has 0 spiro atoms. The van der Waals surface area contributed by atoms with Gasteiger partial charge in [-0.2, -0.15) is 26.3 Å². The summed E-state index contributed by atoms with van der Waals surface area (Å²) < 4.78 is 114. The van der Waals surface area contributed by atoms with E-state index in [1.54, 1.807) is 20.8 Å². The monoisotopic (exact) mass is 677 g/mol. The van der Waals surface area contributed by atoms with Gasteiger partial charge in [0, 0.05) is 31.1 Å². The number of nitrogens with zero attached hydrogens (tertiary/aromatic N) is 2. The number of nitrogens with one attached hydrogen (secondary N) is 3. The van der Waals surface area contributed by atoms with Crippen LogP contribution < -0.4 is 20.7 Å². The molecule has 0 saturated heterocycles. The van der Waals surface area contributed by atoms with Crippen molar-refractivity contribution in [2.75, 3.05) is 11.9 Å². The van der Waals surface area contributed by atoms with Gasteiger partial charge in [-0.3, -0.25) is 9.59 Å². The minimum Gasteiger partial charge on any atom is -0.487 e. The van der Waals surface area contributed by atoms with Crippen molar-refractivity contribution in [1.29, 1.82) is 0 Å². The first-order chi connectivity index (χ1) is 21.7. The predicted octanol–water partition coefficient (Wildman–Crippen LogP) is 7.49. The summed E-state index contributed by atoms with van der Waals surface area (Å²) in [4.78, 5) is 29.9. The molecule has 3 N–H and O–H groups in total. The highest BCUT2D eigenvalue weighted by Crippen LogP contribution is 2.39. The predicted molar refractivity (Wildman–Crippen MR) is 158 cm³/mol. The van der Waals surface area contributed by atoms with E-state index in [0.29, 0.717) is 5.56 Å². The summed E-state index contributed by atoms with van der Waals surface area (Å²) in [5, 5.41) is 7.98. The fraction of sp³-hybridized carbons (Fsp3) is 0.516. The fourth-order valence-electron chi connectivity index (χ4n) is 5.23. The number of imidazole rings is 1. The van der Waals surface area contributed by atoms with Gasteiger partial charge in [0.15, 0.2) is 0 Å². The maximum atomic E-state index is 14.0. The van der Waals surface area contributed by atoms with E-state index in [9.17, 15) is 44.7 Å². The van der Waals surface area contributed by atoms with E-state index in [2.05, 4.69) is 20.9 Å². The number of hydrogen-bond donors (Lipinski definition) is 3. The van der Waals surface area contributed by atoms with Crippen LogP contribution in [0.25, 0.3) is 11.0 Å². The van der Waals surface area contributed by atoms with Crippen molar-refractivity contribution >= 4 is 34.5 Å². The second-order valence-electron chi connectivity index (χ2n) is 12.5. The Morgan fingerprint density at radius 3 is 2.23 bits per heavy atom. The lowest BCUT2D eigenvalue weighted by Crippen LogP contribution is -2.40. The Kier molecular flexibility index (Phi) is 10.3. The molecule has 0 atom stereocenters. The molecule has 1 fully saturated rings. The van der Waals surface area contributed by atoms with E-state index in [0.717, 1.165) is 6.07 Å². The smallest absolute Gasteiger partial charge is 0.418 e. The summed E-state index contributed by atoms with van der Waals surface area (Å²) in [5.41, 5.74) is -1.64. The molecule has 2 aromatic carbocycles. The number of amides is 2. The molecule has 0 bridgehead atoms. The second-order valence-corrected chi connectivity index (χ2v) is 12.5. The Morgan fingerprint density at radius 1 is 1.00 bits per heavy atom. The standard InChI is InChI=1S/C31H35F8N5O3/c1-29(2,3)27(46)40-14-16-5-10-20(31(37,38)39)21(11-16)42-28-43-22-12-19(24(47-15-25(32)33)13-23(22)44(28)4)26(45)41-18-8-6-17(7-9-18)30(34,35)36/h5,10-13,17-18,25H,6-9,14-15H2,1-4H3,(H,40,46)(H,41,45)(H,42,43)/t17-,18-. The van der Waals surface area contributed by atoms with Gasteiger partial charge in [-0.05, 0) is 49.4 Å². The van der Waals surface area contributed by atoms with Crippen molar-refractivity contribution in [1.82, 2.24) is 20.2 Å². The zero-order chi connectivity index (χ0) is 34.9. The molecule has 16 heteroatoms. The number of hydrogen-bond acceptors (Lipinski definition) is 5. The number of aromatic nitrogens is 2. The Hall–Kier alpha value is -4.11. The quantitative estimate of drug-likeness (QED) is 0.204. The molecule has 1 saturated carbocycles. The van der Waals surface area contributed by atoms with E-state index in [-0.39, 0.29) is 72.1 Å². The molecule has 1 aliphatic rings. The molecule has 2 amide bonds. The van der Waals surface area contributed by atoms with Gasteiger partial charge in [0.2, 0.25) is 11.9 Å². The summed E-state index contributed by atoms with van der Waals surface area (Å²) in [6.45, 7) is 3.95. The molecular formula is C31H35F8N5O3. The summed E-state index contributed by atoms with van der Waals surface area (Å²) in [7, 11) is 1.45. The summed E-state index contributed by atoms with van der Waals surface area (Å²) in [5.74, 6) is -2.92. The van der Waals surface area contributed by atoms with Crippen LogP contribution in [0.15, 0.2) is 30.3 Å². The van der Waals surface area contributed by atoms with Crippen LogP contribution in [-0.2, 0) is 24.6 Å². The van der Waals surface area contributed by atoms with Crippen molar-refractivity contribution in [2.45, 2.75) is 77.8 Å². The third-order valence-electron chi connectivity index (χ3n) is 7.89. The molecule has 4 rings (SSSR count). The number of halogens is 8. The molecule has 0 aliphatic heterocycles. The van der Waals surface area contributed by atoms with Crippen LogP contribution in [0.1, 0.15) is 67.9 Å². The maximum Gasteiger partial charge on any atom is 0.418 e. The minimum absolute atomic E-state index is 0.0490. The van der Waals surface area contributed by atoms with Gasteiger partial charge in [0.1, 0.15) is 12.4 Å². The third-order valence-corrected chi connectivity index (χ3v) is 7.89. The SMILES string of the molecule is Cn1c(Nc2cc(CNC(=O)C(C)(C)C)ccc2C(F)(F)F)nc2cc(C(=O)N[C@H]3CC[C@H](C(F)(F)F)CC3)c(OCC(F)F)cc21. The van der Waals surface area contributed by atoms with Crippen molar-refractivity contribution in [3.63, 3.8) is 0 Å². The second kappa shape index (κ2) is 13.6. The number of fused-ring (bicyclic) bond motifs is 1. The van der Waals surface area contributed by atoms with Gasteiger partial charge in [-0.1, -0.05) is 26.8 Å². The van der Waals surface area contributed by atoms with Gasteiger partial charge >= 0.3 is 12.4 Å². The molecular weight excluding hydrogens is 642 g/mol. The topological polar surface area (TPSA) is 97.3 Å². The van der Waals surface area contributed by atoms with Crippen LogP contribution in [0, 0.1) is 11.3 Å². The molecule has 1 heterocycles. The number of carbonyl (C=O) groups excluding carboxylic acids is 2. The number of benzene rings is 2. The Morgan fingerprint density at radius 2 is 1.66 bits per heavy atom. The minimum atomic E-state index is -4.76. The molecule has 0 unspecified atom stereocenters. The van der Waals surface area contributed by atoms with Gasteiger partial charge in [-0.25, -0.2) is 13.8 Å². The highest BCUT2D eigenvalue weighted by molar-refractivity contribution is 6.01. The molecule has 3 aromatic rings. The first-order valence-electron chi connectivity index (χ1n) is 14.8. The average molecular weight is 678 g/mol. The molecule has 0 radical (unpaired) electrons. The van der Waals surface area contributed by atoms with Crippen molar-refractivity contribution in [3.05, 3.63) is 47.0 Å². The molecule has 258 valence electrons. The van der Waals surface area contributed by atoms with Crippen LogP contribution in [0.5, 0.6) is 5.75 Å². The van der Waals surface area contributed by atoms with E-state index in [1.807, 2.05) is 0 Å². The summed E-state index contributed by atoms with van der Waals surface area (Å²) >= 11 is 0. The van der Waals surface area contributed by atoms with Gasteiger partial charge in [-0.15, -0.1) is 0 Å². The lowest BCUT2D eigenvalue weighted by molar-refractivity contribution is -0.182. The lowest BCUT2D eigenvalue weighted by atomic mass is 9.85. The van der Waals surface area contributed by atoms with Crippen molar-refractivity contribution < 1.29 is 49.4 Å². The third kappa shape index (κ3) is 8.83. The molecule has 47 heavy (non-hydrogen) atoms. The van der Waals surface area contributed by atoms with Crippen LogP contribution >= 0.6 is 0 Å². The lowest BCUT2D eigenvalue weighted by Gasteiger charge is -2.30. The number of aryl methyl sites for hydroxylation is 1. The van der Waals surface area contributed by atoms with Gasteiger partial charge in [0.05, 0.1) is 33.8 Å². The van der Waals surface area contributed by atoms with Crippen LogP contribution in [0.4, 0.5) is 46.8 Å². The first kappa shape index (κ1) is 35.7. The van der Waals surface area contributed by atoms with Crippen molar-refractivity contribution in [2.24, 2.45) is 18.4 Å². The summed E-state index contributed by atoms with van der Waals surface area (Å²) in [6, 6.07) is 5.19. The van der Waals surface area contributed by atoms with E-state index >= 15 is 0 Å². The number of carbonyl (C=O) groups is 2. The van der Waals surface area contributed by atoms with Crippen LogP contribution in [0.3, 0.4) is 0 Å². The fourth-order valence-corrected chi connectivity index (χ4v) is 5.23. The zero-order valence-electron chi connectivity index (χ0n) is 26.0. The van der Waals surface area contributed by atoms with Crippen molar-refractivity contribution in [3.8, 4) is 5.75 Å². The highest BCUT2D eigenvalue weighted by Gasteiger charge is 2.41. The Bertz CT molecular complexity index is 1600. The normalized spacial score (nSPS) is 17.6. The number of ether oxygens (including phenoxy) is 1. The van der Waals surface area contributed by atoms with Crippen LogP contribution in [-0.4, -0.2) is 46.6 Å². The Balaban J connectivity index is 1.65. The number of anilines is 2. The number of alkyl halides is 8. The maximum absolute atomic E-state index is 14.0. The largest absolute Gasteiger partial charge is 0.487 e. The van der Waals surface area contributed by atoms with Gasteiger partial charge in [0.25, 0.3) is 12.3 Å². The highest BCUT2D eigenvalue weighted by atomic mass is 19.4. The molecule has 8 nitrogen and oxygen atoms in total. The summed E-state index contributed by atoms with van der Waals surface area (Å²) in [6.07, 6.45) is -12.2. The molecule has 1 aromatic heterocycles. The van der Waals surface area contributed by atoms with E-state index in [1.165, 1.54) is 35.9 Å². The zero-order valence-corrected chi connectivity index (χ0v) is 26.0. The van der Waals surface area contributed by atoms with Gasteiger partial charge < -0.3 is 25.3 Å². The van der Waals surface area contributed by atoms with E-state index in [4.69, 9.17) is 4.74 Å². The number of rotatable bonds is 9. The first-order valence-corrected chi connectivity index (χ1v) is 14.8. The van der Waals surface area contributed by atoms with E-state index < -0.39 is 54.2 Å². The molecule has 1 aliphatic carbocycles. The Labute approximate surface area is 265 Å². The van der Waals surface area contributed by atoms with Crippen LogP contribution in [0.2, 0.25) is 0 Å². The average Bonchev–Trinajstić information content (AvgIpc) is 3.26.